The molecule has 0 unspecified atom stereocenters. The minimum Gasteiger partial charge on any atom is -0.383 e. The summed E-state index contributed by atoms with van der Waals surface area (Å²) in [5, 5.41) is 3.83. The Hall–Kier alpha value is -0.0688. The molecule has 0 aliphatic heterocycles. The van der Waals surface area contributed by atoms with Gasteiger partial charge in [-0.25, -0.2) is 8.78 Å². The van der Waals surface area contributed by atoms with Gasteiger partial charge in [-0.15, -0.1) is 17.3 Å². The van der Waals surface area contributed by atoms with Crippen LogP contribution in [0.5, 0.6) is 0 Å². The predicted molar refractivity (Wildman–Crippen MR) is 67.1 cm³/mol. The zero-order chi connectivity index (χ0) is 12.9. The average Bonchev–Trinajstić information content (AvgIpc) is 2.24. The van der Waals surface area contributed by atoms with Crippen LogP contribution in [0.4, 0.5) is 8.78 Å². The Kier molecular flexibility index (Phi) is 8.14. The zero-order valence-electron chi connectivity index (χ0n) is 10.9. The Morgan fingerprint density at radius 3 is 2.56 bits per heavy atom. The summed E-state index contributed by atoms with van der Waals surface area (Å²) in [5.41, 5.74) is 0. The second kappa shape index (κ2) is 8.17. The summed E-state index contributed by atoms with van der Waals surface area (Å²) < 4.78 is 31.3. The van der Waals surface area contributed by atoms with Crippen LogP contribution in [0.3, 0.4) is 0 Å². The molecule has 0 bridgehead atoms. The van der Waals surface area contributed by atoms with Crippen LogP contribution in [-0.2, 0) is 26.5 Å². The monoisotopic (exact) mass is 306 g/mol. The fourth-order valence-electron chi connectivity index (χ4n) is 1.64. The van der Waals surface area contributed by atoms with Gasteiger partial charge in [0.25, 0.3) is 0 Å². The summed E-state index contributed by atoms with van der Waals surface area (Å²) in [6.07, 6.45) is 0.729. The molecule has 18 heavy (non-hydrogen) atoms. The van der Waals surface area contributed by atoms with E-state index in [9.17, 15) is 8.78 Å². The summed E-state index contributed by atoms with van der Waals surface area (Å²) in [6, 6.07) is 4.89. The first-order valence-corrected chi connectivity index (χ1v) is 8.75. The molecule has 1 rings (SSSR count). The third kappa shape index (κ3) is 5.28. The van der Waals surface area contributed by atoms with Crippen molar-refractivity contribution in [1.29, 1.82) is 0 Å². The molecule has 0 atom stereocenters. The molecule has 2 nitrogen and oxygen atoms in total. The molecule has 0 amide bonds. The van der Waals surface area contributed by atoms with E-state index in [-0.39, 0.29) is 21.7 Å². The molecule has 0 saturated carbocycles. The molecule has 0 aromatic heterocycles. The predicted octanol–water partition coefficient (Wildman–Crippen LogP) is 1.45. The van der Waals surface area contributed by atoms with Crippen molar-refractivity contribution in [3.8, 4) is 0 Å². The van der Waals surface area contributed by atoms with Gasteiger partial charge < -0.3 is 10.1 Å². The summed E-state index contributed by atoms with van der Waals surface area (Å²) in [7, 11) is -0.299. The van der Waals surface area contributed by atoms with Crippen molar-refractivity contribution in [2.75, 3.05) is 26.4 Å². The Balaban J connectivity index is 0.00000289. The standard InChI is InChI=1S/C12H18F2NOSi.Ti/c1-16-7-6-15-9-17(2,3)12-5-4-10(13)8-11(12)14;/h4-5,15H,6-7,9H2,1-3H3;/q-1;. The van der Waals surface area contributed by atoms with Crippen LogP contribution in [0.1, 0.15) is 0 Å². The fourth-order valence-corrected chi connectivity index (χ4v) is 3.82. The third-order valence-electron chi connectivity index (χ3n) is 2.64. The average molecular weight is 306 g/mol. The number of ether oxygens (including phenoxy) is 1. The van der Waals surface area contributed by atoms with Gasteiger partial charge in [-0.3, -0.25) is 0 Å². The van der Waals surface area contributed by atoms with E-state index in [1.807, 2.05) is 13.1 Å². The van der Waals surface area contributed by atoms with Crippen molar-refractivity contribution in [2.45, 2.75) is 13.1 Å². The number of hydrogen-bond acceptors (Lipinski definition) is 2. The topological polar surface area (TPSA) is 21.3 Å². The van der Waals surface area contributed by atoms with Crippen molar-refractivity contribution in [2.24, 2.45) is 0 Å². The second-order valence-electron chi connectivity index (χ2n) is 4.59. The van der Waals surface area contributed by atoms with Crippen LogP contribution in [0.2, 0.25) is 13.1 Å². The van der Waals surface area contributed by atoms with Crippen molar-refractivity contribution in [1.82, 2.24) is 5.32 Å². The van der Waals surface area contributed by atoms with E-state index in [0.717, 1.165) is 12.7 Å². The van der Waals surface area contributed by atoms with Gasteiger partial charge >= 0.3 is 0 Å². The van der Waals surface area contributed by atoms with Gasteiger partial charge in [0.1, 0.15) is 0 Å². The van der Waals surface area contributed by atoms with Gasteiger partial charge in [0.15, 0.2) is 0 Å². The zero-order valence-corrected chi connectivity index (χ0v) is 13.5. The molecule has 1 aromatic rings. The number of hydrogen-bond donors (Lipinski definition) is 1. The molecule has 0 spiro atoms. The third-order valence-corrected chi connectivity index (χ3v) is 5.62. The Morgan fingerprint density at radius 1 is 1.33 bits per heavy atom. The summed E-state index contributed by atoms with van der Waals surface area (Å²) in [4.78, 5) is 0. The Bertz CT molecular complexity index is 377. The fraction of sp³-hybridized carbons (Fsp3) is 0.500. The van der Waals surface area contributed by atoms with Crippen LogP contribution in [0.15, 0.2) is 12.1 Å². The van der Waals surface area contributed by atoms with Gasteiger partial charge in [0, 0.05) is 55.1 Å². The number of methoxy groups -OCH3 is 1. The van der Waals surface area contributed by atoms with Crippen molar-refractivity contribution < 1.29 is 35.2 Å². The Morgan fingerprint density at radius 2 is 2.00 bits per heavy atom. The first-order chi connectivity index (χ1) is 7.97. The van der Waals surface area contributed by atoms with Crippen LogP contribution in [0.25, 0.3) is 0 Å². The van der Waals surface area contributed by atoms with E-state index < -0.39 is 19.7 Å². The van der Waals surface area contributed by atoms with Gasteiger partial charge in [-0.2, -0.15) is 6.07 Å². The molecule has 0 aliphatic rings. The van der Waals surface area contributed by atoms with E-state index in [2.05, 4.69) is 11.4 Å². The molecule has 6 heteroatoms. The maximum atomic E-state index is 13.6. The molecule has 0 fully saturated rings. The number of benzene rings is 1. The largest absolute Gasteiger partial charge is 0.383 e. The smallest absolute Gasteiger partial charge is 0.0586 e. The van der Waals surface area contributed by atoms with Crippen LogP contribution in [0, 0.1) is 17.7 Å². The van der Waals surface area contributed by atoms with E-state index >= 15 is 0 Å². The summed E-state index contributed by atoms with van der Waals surface area (Å²) >= 11 is 0. The minimum absolute atomic E-state index is 0. The molecule has 1 aromatic carbocycles. The first-order valence-electron chi connectivity index (χ1n) is 5.55. The molecule has 1 N–H and O–H groups in total. The second-order valence-corrected chi connectivity index (χ2v) is 9.25. The first kappa shape index (κ1) is 17.9. The molecule has 0 aliphatic carbocycles. The van der Waals surface area contributed by atoms with Crippen LogP contribution < -0.4 is 10.5 Å². The minimum atomic E-state index is -1.94. The van der Waals surface area contributed by atoms with E-state index in [4.69, 9.17) is 4.74 Å². The van der Waals surface area contributed by atoms with E-state index in [1.54, 1.807) is 7.11 Å². The number of nitrogens with one attached hydrogen (secondary N) is 1. The summed E-state index contributed by atoms with van der Waals surface area (Å²) in [6.45, 7) is 5.44. The van der Waals surface area contributed by atoms with Gasteiger partial charge in [-0.1, -0.05) is 13.1 Å². The van der Waals surface area contributed by atoms with E-state index in [0.29, 0.717) is 11.8 Å². The van der Waals surface area contributed by atoms with Crippen molar-refractivity contribution in [3.63, 3.8) is 0 Å². The normalized spacial score (nSPS) is 11.2. The summed E-state index contributed by atoms with van der Waals surface area (Å²) in [5.74, 6) is -1.21. The van der Waals surface area contributed by atoms with Gasteiger partial charge in [0.05, 0.1) is 6.61 Å². The molecular formula is C12H18F2NOSiTi-. The molecule has 100 valence electrons. The quantitative estimate of drug-likeness (QED) is 0.488. The van der Waals surface area contributed by atoms with E-state index in [1.165, 1.54) is 12.1 Å². The van der Waals surface area contributed by atoms with Gasteiger partial charge in [-0.05, 0) is 6.17 Å². The maximum Gasteiger partial charge on any atom is 0.0586 e. The number of rotatable bonds is 6. The van der Waals surface area contributed by atoms with Crippen LogP contribution in [-0.4, -0.2) is 34.5 Å². The molecular weight excluding hydrogens is 288 g/mol. The molecule has 0 radical (unpaired) electrons. The van der Waals surface area contributed by atoms with Crippen molar-refractivity contribution in [3.05, 3.63) is 29.8 Å². The molecule has 0 heterocycles. The van der Waals surface area contributed by atoms with Crippen LogP contribution >= 0.6 is 0 Å². The van der Waals surface area contributed by atoms with Crippen molar-refractivity contribution >= 4 is 13.3 Å². The molecule has 0 saturated heterocycles. The Labute approximate surface area is 123 Å². The SMILES string of the molecule is COCCNC[Si](C)(C)c1ccc(F)[c-]c1F.[Ti]. The van der Waals surface area contributed by atoms with Gasteiger partial charge in [0.2, 0.25) is 0 Å². The number of halogens is 2. The maximum absolute atomic E-state index is 13.6.